The maximum absolute atomic E-state index is 10.7. The van der Waals surface area contributed by atoms with Crippen LogP contribution < -0.4 is 0 Å². The Bertz CT molecular complexity index is 455. The molecule has 0 saturated heterocycles. The molecule has 0 aliphatic heterocycles. The first-order chi connectivity index (χ1) is 6.79. The van der Waals surface area contributed by atoms with Gasteiger partial charge in [0.1, 0.15) is 0 Å². The second kappa shape index (κ2) is 3.51. The third kappa shape index (κ3) is 1.47. The number of thiazole rings is 1. The molecule has 0 N–H and O–H groups in total. The molecule has 0 saturated carbocycles. The average Bonchev–Trinajstić information content (AvgIpc) is 2.70. The van der Waals surface area contributed by atoms with Crippen LogP contribution in [0.25, 0.3) is 10.4 Å². The Morgan fingerprint density at radius 1 is 1.36 bits per heavy atom. The number of nitrogens with zero attached hydrogens (tertiary/aromatic N) is 3. The number of hydrogen-bond acceptors (Lipinski definition) is 5. The Morgan fingerprint density at radius 3 is 2.86 bits per heavy atom. The smallest absolute Gasteiger partial charge is 0.264 e. The van der Waals surface area contributed by atoms with E-state index in [0.717, 1.165) is 4.88 Å². The average molecular weight is 207 g/mol. The van der Waals surface area contributed by atoms with Crippen LogP contribution in [-0.2, 0) is 0 Å². The Hall–Kier alpha value is -1.82. The van der Waals surface area contributed by atoms with E-state index < -0.39 is 4.92 Å². The largest absolute Gasteiger partial charge is 0.281 e. The molecule has 0 aliphatic carbocycles. The first kappa shape index (κ1) is 8.76. The summed E-state index contributed by atoms with van der Waals surface area (Å²) >= 11 is 1.35. The number of pyridine rings is 1. The van der Waals surface area contributed by atoms with Crippen molar-refractivity contribution in [1.82, 2.24) is 9.97 Å². The molecule has 0 atom stereocenters. The first-order valence-electron chi connectivity index (χ1n) is 3.76. The summed E-state index contributed by atoms with van der Waals surface area (Å²) in [4.78, 5) is 18.7. The van der Waals surface area contributed by atoms with E-state index in [9.17, 15) is 10.1 Å². The Kier molecular flexibility index (Phi) is 2.19. The normalized spacial score (nSPS) is 10.0. The molecular weight excluding hydrogens is 202 g/mol. The standard InChI is InChI=1S/C8H5N3O2S/c12-11(13)7-1-2-9-3-6(7)8-4-10-5-14-8/h1-5H. The monoisotopic (exact) mass is 207 g/mol. The van der Waals surface area contributed by atoms with E-state index in [1.54, 1.807) is 11.7 Å². The topological polar surface area (TPSA) is 68.9 Å². The Balaban J connectivity index is 2.58. The van der Waals surface area contributed by atoms with E-state index in [4.69, 9.17) is 0 Å². The zero-order valence-corrected chi connectivity index (χ0v) is 7.77. The molecule has 2 heterocycles. The van der Waals surface area contributed by atoms with E-state index >= 15 is 0 Å². The van der Waals surface area contributed by atoms with E-state index in [-0.39, 0.29) is 5.69 Å². The lowest BCUT2D eigenvalue weighted by molar-refractivity contribution is -0.384. The molecule has 0 spiro atoms. The van der Waals surface area contributed by atoms with Gasteiger partial charge >= 0.3 is 0 Å². The van der Waals surface area contributed by atoms with E-state index in [1.807, 2.05) is 0 Å². The van der Waals surface area contributed by atoms with Crippen LogP contribution in [0.3, 0.4) is 0 Å². The molecule has 0 aliphatic rings. The van der Waals surface area contributed by atoms with Gasteiger partial charge in [-0.05, 0) is 0 Å². The first-order valence-corrected chi connectivity index (χ1v) is 4.64. The van der Waals surface area contributed by atoms with Gasteiger partial charge in [0.05, 0.1) is 20.9 Å². The molecule has 0 amide bonds. The summed E-state index contributed by atoms with van der Waals surface area (Å²) in [6.07, 6.45) is 4.48. The van der Waals surface area contributed by atoms with Crippen LogP contribution in [-0.4, -0.2) is 14.9 Å². The molecule has 0 bridgehead atoms. The zero-order valence-electron chi connectivity index (χ0n) is 6.95. The van der Waals surface area contributed by atoms with Crippen LogP contribution >= 0.6 is 11.3 Å². The molecule has 2 aromatic rings. The molecule has 0 unspecified atom stereocenters. The van der Waals surface area contributed by atoms with Gasteiger partial charge in [0.25, 0.3) is 5.69 Å². The van der Waals surface area contributed by atoms with Crippen molar-refractivity contribution >= 4 is 17.0 Å². The molecule has 2 aromatic heterocycles. The van der Waals surface area contributed by atoms with Crippen LogP contribution in [0.15, 0.2) is 30.2 Å². The number of nitro groups is 1. The van der Waals surface area contributed by atoms with Gasteiger partial charge in [-0.15, -0.1) is 11.3 Å². The third-order valence-electron chi connectivity index (χ3n) is 1.69. The molecule has 0 fully saturated rings. The summed E-state index contributed by atoms with van der Waals surface area (Å²) in [7, 11) is 0. The molecule has 2 rings (SSSR count). The van der Waals surface area contributed by atoms with Gasteiger partial charge in [0.15, 0.2) is 0 Å². The summed E-state index contributed by atoms with van der Waals surface area (Å²) in [5.41, 5.74) is 2.20. The lowest BCUT2D eigenvalue weighted by atomic mass is 10.2. The SMILES string of the molecule is O=[N+]([O-])c1ccncc1-c1cncs1. The number of hydrogen-bond donors (Lipinski definition) is 0. The molecule has 5 nitrogen and oxygen atoms in total. The van der Waals surface area contributed by atoms with E-state index in [2.05, 4.69) is 9.97 Å². The van der Waals surface area contributed by atoms with Crippen LogP contribution in [0.2, 0.25) is 0 Å². The van der Waals surface area contributed by atoms with Crippen molar-refractivity contribution in [3.05, 3.63) is 40.3 Å². The maximum atomic E-state index is 10.7. The second-order valence-electron chi connectivity index (χ2n) is 2.52. The van der Waals surface area contributed by atoms with Gasteiger partial charge in [-0.25, -0.2) is 0 Å². The summed E-state index contributed by atoms with van der Waals surface area (Å²) in [6, 6.07) is 1.38. The van der Waals surface area contributed by atoms with Crippen LogP contribution in [0.1, 0.15) is 0 Å². The number of rotatable bonds is 2. The minimum atomic E-state index is -0.420. The quantitative estimate of drug-likeness (QED) is 0.558. The van der Waals surface area contributed by atoms with Crippen molar-refractivity contribution in [3.8, 4) is 10.4 Å². The lowest BCUT2D eigenvalue weighted by Gasteiger charge is -1.96. The highest BCUT2D eigenvalue weighted by atomic mass is 32.1. The van der Waals surface area contributed by atoms with Crippen molar-refractivity contribution in [3.63, 3.8) is 0 Å². The molecule has 6 heteroatoms. The zero-order chi connectivity index (χ0) is 9.97. The van der Waals surface area contributed by atoms with E-state index in [0.29, 0.717) is 5.56 Å². The fraction of sp³-hybridized carbons (Fsp3) is 0. The minimum Gasteiger partial charge on any atom is -0.264 e. The van der Waals surface area contributed by atoms with Crippen molar-refractivity contribution in [2.75, 3.05) is 0 Å². The molecule has 0 radical (unpaired) electrons. The summed E-state index contributed by atoms with van der Waals surface area (Å²) in [5.74, 6) is 0. The summed E-state index contributed by atoms with van der Waals surface area (Å²) < 4.78 is 0. The van der Waals surface area contributed by atoms with Gasteiger partial charge in [-0.2, -0.15) is 0 Å². The lowest BCUT2D eigenvalue weighted by Crippen LogP contribution is -1.91. The van der Waals surface area contributed by atoms with Gasteiger partial charge in [-0.3, -0.25) is 20.1 Å². The summed E-state index contributed by atoms with van der Waals surface area (Å²) in [6.45, 7) is 0. The van der Waals surface area contributed by atoms with Crippen molar-refractivity contribution in [1.29, 1.82) is 0 Å². The van der Waals surface area contributed by atoms with Gasteiger partial charge in [0, 0.05) is 24.7 Å². The van der Waals surface area contributed by atoms with Crippen molar-refractivity contribution < 1.29 is 4.92 Å². The van der Waals surface area contributed by atoms with Gasteiger partial charge in [0.2, 0.25) is 0 Å². The highest BCUT2D eigenvalue weighted by molar-refractivity contribution is 7.13. The predicted molar refractivity (Wildman–Crippen MR) is 52.0 cm³/mol. The van der Waals surface area contributed by atoms with Crippen LogP contribution in [0.4, 0.5) is 5.69 Å². The van der Waals surface area contributed by atoms with Crippen molar-refractivity contribution in [2.24, 2.45) is 0 Å². The fourth-order valence-corrected chi connectivity index (χ4v) is 1.73. The summed E-state index contributed by atoms with van der Waals surface area (Å²) in [5, 5.41) is 10.7. The maximum Gasteiger partial charge on any atom is 0.281 e. The second-order valence-corrected chi connectivity index (χ2v) is 3.40. The molecule has 0 aromatic carbocycles. The predicted octanol–water partition coefficient (Wildman–Crippen LogP) is 2.11. The fourth-order valence-electron chi connectivity index (χ4n) is 1.08. The number of aromatic nitrogens is 2. The van der Waals surface area contributed by atoms with Crippen molar-refractivity contribution in [2.45, 2.75) is 0 Å². The minimum absolute atomic E-state index is 0.0595. The van der Waals surface area contributed by atoms with Crippen LogP contribution in [0.5, 0.6) is 0 Å². The Labute approximate surface area is 83.2 Å². The molecule has 14 heavy (non-hydrogen) atoms. The van der Waals surface area contributed by atoms with Crippen LogP contribution in [0, 0.1) is 10.1 Å². The molecular formula is C8H5N3O2S. The van der Waals surface area contributed by atoms with Gasteiger partial charge in [-0.1, -0.05) is 0 Å². The van der Waals surface area contributed by atoms with Gasteiger partial charge < -0.3 is 0 Å². The third-order valence-corrected chi connectivity index (χ3v) is 2.50. The highest BCUT2D eigenvalue weighted by Gasteiger charge is 2.15. The van der Waals surface area contributed by atoms with E-state index in [1.165, 1.54) is 29.8 Å². The highest BCUT2D eigenvalue weighted by Crippen LogP contribution is 2.30. The Morgan fingerprint density at radius 2 is 2.21 bits per heavy atom. The molecule has 70 valence electrons.